The van der Waals surface area contributed by atoms with Gasteiger partial charge in [-0.1, -0.05) is 37.0 Å². The molecule has 1 aromatic carbocycles. The minimum atomic E-state index is 0.936. The molecule has 0 N–H and O–H groups in total. The van der Waals surface area contributed by atoms with Crippen LogP contribution < -0.4 is 0 Å². The Kier molecular flexibility index (Phi) is 4.41. The SMILES string of the molecule is CCSCC#Cc1ccccc1. The summed E-state index contributed by atoms with van der Waals surface area (Å²) in [6.07, 6.45) is 0. The molecule has 0 aliphatic rings. The van der Waals surface area contributed by atoms with E-state index >= 15 is 0 Å². The third-order valence-electron chi connectivity index (χ3n) is 1.38. The fourth-order valence-corrected chi connectivity index (χ4v) is 1.19. The predicted octanol–water partition coefficient (Wildman–Crippen LogP) is 2.79. The number of hydrogen-bond acceptors (Lipinski definition) is 1. The fraction of sp³-hybridized carbons (Fsp3) is 0.273. The molecule has 0 unspecified atom stereocenters. The van der Waals surface area contributed by atoms with Crippen LogP contribution in [0.3, 0.4) is 0 Å². The summed E-state index contributed by atoms with van der Waals surface area (Å²) in [5.74, 6) is 8.30. The van der Waals surface area contributed by atoms with Gasteiger partial charge in [0.05, 0.1) is 5.75 Å². The average molecular weight is 176 g/mol. The number of hydrogen-bond donors (Lipinski definition) is 0. The molecule has 62 valence electrons. The van der Waals surface area contributed by atoms with Gasteiger partial charge in [-0.05, 0) is 17.9 Å². The standard InChI is InChI=1S/C11H12S/c1-2-12-10-6-9-11-7-4-3-5-8-11/h3-5,7-8H,2,10H2,1H3. The quantitative estimate of drug-likeness (QED) is 0.493. The molecule has 0 aliphatic heterocycles. The van der Waals surface area contributed by atoms with Gasteiger partial charge in [-0.2, -0.15) is 0 Å². The van der Waals surface area contributed by atoms with Gasteiger partial charge in [-0.15, -0.1) is 11.8 Å². The average Bonchev–Trinajstić information content (AvgIpc) is 2.14. The van der Waals surface area contributed by atoms with E-state index in [1.165, 1.54) is 0 Å². The lowest BCUT2D eigenvalue weighted by molar-refractivity contribution is 1.52. The van der Waals surface area contributed by atoms with Crippen LogP contribution in [-0.4, -0.2) is 11.5 Å². The van der Waals surface area contributed by atoms with Gasteiger partial charge < -0.3 is 0 Å². The van der Waals surface area contributed by atoms with Crippen LogP contribution >= 0.6 is 11.8 Å². The highest BCUT2D eigenvalue weighted by molar-refractivity contribution is 7.99. The Hall–Kier alpha value is -0.870. The van der Waals surface area contributed by atoms with Crippen LogP contribution in [0.15, 0.2) is 30.3 Å². The van der Waals surface area contributed by atoms with Crippen LogP contribution in [0.2, 0.25) is 0 Å². The fourth-order valence-electron chi connectivity index (χ4n) is 0.813. The van der Waals surface area contributed by atoms with Gasteiger partial charge in [0.1, 0.15) is 0 Å². The van der Waals surface area contributed by atoms with Crippen molar-refractivity contribution in [2.75, 3.05) is 11.5 Å². The van der Waals surface area contributed by atoms with E-state index in [1.54, 1.807) is 0 Å². The highest BCUT2D eigenvalue weighted by Gasteiger charge is 1.80. The summed E-state index contributed by atoms with van der Waals surface area (Å²) in [5, 5.41) is 0. The predicted molar refractivity (Wildman–Crippen MR) is 56.3 cm³/mol. The van der Waals surface area contributed by atoms with E-state index in [4.69, 9.17) is 0 Å². The topological polar surface area (TPSA) is 0 Å². The minimum Gasteiger partial charge on any atom is -0.149 e. The lowest BCUT2D eigenvalue weighted by atomic mass is 10.2. The van der Waals surface area contributed by atoms with Crippen molar-refractivity contribution in [1.29, 1.82) is 0 Å². The summed E-state index contributed by atoms with van der Waals surface area (Å²) in [7, 11) is 0. The summed E-state index contributed by atoms with van der Waals surface area (Å²) < 4.78 is 0. The molecule has 0 heterocycles. The Morgan fingerprint density at radius 1 is 1.25 bits per heavy atom. The summed E-state index contributed by atoms with van der Waals surface area (Å²) in [6.45, 7) is 2.15. The van der Waals surface area contributed by atoms with Crippen LogP contribution in [-0.2, 0) is 0 Å². The van der Waals surface area contributed by atoms with Gasteiger partial charge in [0, 0.05) is 5.56 Å². The van der Waals surface area contributed by atoms with E-state index in [0.29, 0.717) is 0 Å². The van der Waals surface area contributed by atoms with Gasteiger partial charge in [0.15, 0.2) is 0 Å². The van der Waals surface area contributed by atoms with Gasteiger partial charge in [-0.3, -0.25) is 0 Å². The molecule has 12 heavy (non-hydrogen) atoms. The molecule has 0 saturated carbocycles. The summed E-state index contributed by atoms with van der Waals surface area (Å²) >= 11 is 1.85. The molecule has 0 fully saturated rings. The van der Waals surface area contributed by atoms with Crippen molar-refractivity contribution in [3.8, 4) is 11.8 Å². The third-order valence-corrected chi connectivity index (χ3v) is 2.14. The zero-order chi connectivity index (χ0) is 8.65. The zero-order valence-corrected chi connectivity index (χ0v) is 8.03. The minimum absolute atomic E-state index is 0.936. The van der Waals surface area contributed by atoms with Crippen molar-refractivity contribution in [3.05, 3.63) is 35.9 Å². The number of benzene rings is 1. The smallest absolute Gasteiger partial charge is 0.0551 e. The Morgan fingerprint density at radius 2 is 2.00 bits per heavy atom. The van der Waals surface area contributed by atoms with Gasteiger partial charge in [-0.25, -0.2) is 0 Å². The second kappa shape index (κ2) is 5.74. The first-order valence-corrected chi connectivity index (χ1v) is 5.20. The van der Waals surface area contributed by atoms with E-state index in [1.807, 2.05) is 42.1 Å². The van der Waals surface area contributed by atoms with Crippen LogP contribution in [0.5, 0.6) is 0 Å². The lowest BCUT2D eigenvalue weighted by Crippen LogP contribution is -1.74. The third kappa shape index (κ3) is 3.50. The molecule has 0 aromatic heterocycles. The van der Waals surface area contributed by atoms with Crippen molar-refractivity contribution in [1.82, 2.24) is 0 Å². The van der Waals surface area contributed by atoms with Crippen molar-refractivity contribution < 1.29 is 0 Å². The molecule has 1 heteroatoms. The first-order valence-electron chi connectivity index (χ1n) is 4.05. The Balaban J connectivity index is 2.44. The second-order valence-electron chi connectivity index (χ2n) is 2.30. The molecular formula is C11H12S. The Labute approximate surface area is 78.4 Å². The molecule has 0 radical (unpaired) electrons. The second-order valence-corrected chi connectivity index (χ2v) is 3.58. The van der Waals surface area contributed by atoms with Crippen LogP contribution in [0, 0.1) is 11.8 Å². The molecular weight excluding hydrogens is 164 g/mol. The highest BCUT2D eigenvalue weighted by Crippen LogP contribution is 1.97. The molecule has 0 nitrogen and oxygen atoms in total. The molecule has 0 bridgehead atoms. The Bertz CT molecular complexity index is 266. The molecule has 0 aliphatic carbocycles. The normalized spacial score (nSPS) is 8.75. The van der Waals surface area contributed by atoms with Crippen LogP contribution in [0.1, 0.15) is 12.5 Å². The van der Waals surface area contributed by atoms with Crippen molar-refractivity contribution in [2.24, 2.45) is 0 Å². The summed E-state index contributed by atoms with van der Waals surface area (Å²) in [4.78, 5) is 0. The van der Waals surface area contributed by atoms with Gasteiger partial charge in [0.2, 0.25) is 0 Å². The van der Waals surface area contributed by atoms with Crippen LogP contribution in [0.4, 0.5) is 0 Å². The Morgan fingerprint density at radius 3 is 2.67 bits per heavy atom. The molecule has 0 saturated heterocycles. The van der Waals surface area contributed by atoms with E-state index in [9.17, 15) is 0 Å². The van der Waals surface area contributed by atoms with Gasteiger partial charge in [0.25, 0.3) is 0 Å². The maximum Gasteiger partial charge on any atom is 0.0551 e. The van der Waals surface area contributed by atoms with Gasteiger partial charge >= 0.3 is 0 Å². The molecule has 0 amide bonds. The maximum atomic E-state index is 3.12. The van der Waals surface area contributed by atoms with E-state index in [2.05, 4.69) is 18.8 Å². The monoisotopic (exact) mass is 176 g/mol. The molecule has 1 rings (SSSR count). The number of rotatable bonds is 2. The van der Waals surface area contributed by atoms with E-state index < -0.39 is 0 Å². The van der Waals surface area contributed by atoms with Crippen LogP contribution in [0.25, 0.3) is 0 Å². The first-order chi connectivity index (χ1) is 5.93. The summed E-state index contributed by atoms with van der Waals surface area (Å²) in [6, 6.07) is 10.1. The maximum absolute atomic E-state index is 3.12. The largest absolute Gasteiger partial charge is 0.149 e. The van der Waals surface area contributed by atoms with Crippen molar-refractivity contribution in [3.63, 3.8) is 0 Å². The van der Waals surface area contributed by atoms with Crippen molar-refractivity contribution >= 4 is 11.8 Å². The summed E-state index contributed by atoms with van der Waals surface area (Å²) in [5.41, 5.74) is 1.11. The zero-order valence-electron chi connectivity index (χ0n) is 7.21. The molecule has 0 spiro atoms. The first kappa shape index (κ1) is 9.22. The van der Waals surface area contributed by atoms with Crippen molar-refractivity contribution in [2.45, 2.75) is 6.92 Å². The highest BCUT2D eigenvalue weighted by atomic mass is 32.2. The number of thioether (sulfide) groups is 1. The molecule has 1 aromatic rings. The lowest BCUT2D eigenvalue weighted by Gasteiger charge is -1.87. The molecule has 0 atom stereocenters. The van der Waals surface area contributed by atoms with E-state index in [-0.39, 0.29) is 0 Å². The van der Waals surface area contributed by atoms with E-state index in [0.717, 1.165) is 17.1 Å².